The number of rotatable bonds is 7. The second kappa shape index (κ2) is 8.82. The zero-order valence-electron chi connectivity index (χ0n) is 14.1. The number of amides is 1. The van der Waals surface area contributed by atoms with Crippen molar-refractivity contribution in [3.8, 4) is 5.75 Å². The van der Waals surface area contributed by atoms with Crippen molar-refractivity contribution in [2.24, 2.45) is 0 Å². The molecule has 2 aromatic carbocycles. The summed E-state index contributed by atoms with van der Waals surface area (Å²) in [6, 6.07) is 12.9. The van der Waals surface area contributed by atoms with Gasteiger partial charge in [-0.2, -0.15) is 0 Å². The van der Waals surface area contributed by atoms with Gasteiger partial charge in [-0.25, -0.2) is 4.39 Å². The lowest BCUT2D eigenvalue weighted by Gasteiger charge is -2.13. The molecule has 0 fully saturated rings. The molecule has 0 aliphatic heterocycles. The first-order valence-corrected chi connectivity index (χ1v) is 7.87. The molecule has 6 heteroatoms. The lowest BCUT2D eigenvalue weighted by molar-refractivity contribution is -0.153. The zero-order chi connectivity index (χ0) is 18.2. The highest BCUT2D eigenvalue weighted by Gasteiger charge is 2.18. The number of carbonyl (C=O) groups excluding carboxylic acids is 2. The van der Waals surface area contributed by atoms with Crippen molar-refractivity contribution >= 4 is 17.6 Å². The summed E-state index contributed by atoms with van der Waals surface area (Å²) >= 11 is 0. The highest BCUT2D eigenvalue weighted by Crippen LogP contribution is 2.13. The van der Waals surface area contributed by atoms with Gasteiger partial charge in [0.25, 0.3) is 5.91 Å². The number of halogens is 1. The van der Waals surface area contributed by atoms with Crippen LogP contribution in [0.1, 0.15) is 18.9 Å². The maximum atomic E-state index is 13.1. The van der Waals surface area contributed by atoms with Crippen molar-refractivity contribution in [3.63, 3.8) is 0 Å². The van der Waals surface area contributed by atoms with Gasteiger partial charge in [0.05, 0.1) is 7.11 Å². The Bertz CT molecular complexity index is 730. The standard InChI is InChI=1S/C19H20FNO4/c1-13(19(23)21-16-5-3-4-15(20)12-16)25-18(22)11-8-14-6-9-17(24-2)10-7-14/h3-7,9-10,12-13H,8,11H2,1-2H3,(H,21,23). The van der Waals surface area contributed by atoms with Crippen LogP contribution in [0.4, 0.5) is 10.1 Å². The third-order valence-corrected chi connectivity index (χ3v) is 3.55. The summed E-state index contributed by atoms with van der Waals surface area (Å²) in [6.45, 7) is 1.47. The van der Waals surface area contributed by atoms with Gasteiger partial charge in [-0.1, -0.05) is 18.2 Å². The fourth-order valence-electron chi connectivity index (χ4n) is 2.16. The number of benzene rings is 2. The molecular formula is C19H20FNO4. The summed E-state index contributed by atoms with van der Waals surface area (Å²) in [5.41, 5.74) is 1.28. The molecule has 2 rings (SSSR count). The Labute approximate surface area is 145 Å². The Kier molecular flexibility index (Phi) is 6.51. The third-order valence-electron chi connectivity index (χ3n) is 3.55. The molecule has 1 N–H and O–H groups in total. The molecule has 0 bridgehead atoms. The van der Waals surface area contributed by atoms with E-state index in [-0.39, 0.29) is 6.42 Å². The molecule has 1 unspecified atom stereocenters. The molecule has 0 radical (unpaired) electrons. The van der Waals surface area contributed by atoms with Crippen LogP contribution in [-0.2, 0) is 20.7 Å². The van der Waals surface area contributed by atoms with Crippen LogP contribution in [0.25, 0.3) is 0 Å². The number of esters is 1. The molecule has 132 valence electrons. The smallest absolute Gasteiger partial charge is 0.306 e. The molecule has 0 aliphatic carbocycles. The maximum absolute atomic E-state index is 13.1. The molecular weight excluding hydrogens is 325 g/mol. The first-order valence-electron chi connectivity index (χ1n) is 7.87. The minimum Gasteiger partial charge on any atom is -0.497 e. The second-order valence-electron chi connectivity index (χ2n) is 5.48. The molecule has 1 atom stereocenters. The van der Waals surface area contributed by atoms with E-state index in [0.717, 1.165) is 11.3 Å². The summed E-state index contributed by atoms with van der Waals surface area (Å²) in [5.74, 6) is -0.697. The fourth-order valence-corrected chi connectivity index (χ4v) is 2.16. The van der Waals surface area contributed by atoms with Crippen molar-refractivity contribution in [1.29, 1.82) is 0 Å². The topological polar surface area (TPSA) is 64.6 Å². The van der Waals surface area contributed by atoms with Crippen LogP contribution >= 0.6 is 0 Å². The van der Waals surface area contributed by atoms with Crippen LogP contribution in [0.15, 0.2) is 48.5 Å². The van der Waals surface area contributed by atoms with E-state index >= 15 is 0 Å². The van der Waals surface area contributed by atoms with Crippen LogP contribution in [0, 0.1) is 5.82 Å². The number of hydrogen-bond acceptors (Lipinski definition) is 4. The van der Waals surface area contributed by atoms with Crippen molar-refractivity contribution in [2.75, 3.05) is 12.4 Å². The molecule has 1 amide bonds. The third kappa shape index (κ3) is 5.91. The van der Waals surface area contributed by atoms with Gasteiger partial charge >= 0.3 is 5.97 Å². The summed E-state index contributed by atoms with van der Waals surface area (Å²) < 4.78 is 23.3. The second-order valence-corrected chi connectivity index (χ2v) is 5.48. The fraction of sp³-hybridized carbons (Fsp3) is 0.263. The summed E-state index contributed by atoms with van der Waals surface area (Å²) in [7, 11) is 1.59. The van der Waals surface area contributed by atoms with E-state index in [0.29, 0.717) is 12.1 Å². The Morgan fingerprint density at radius 1 is 1.16 bits per heavy atom. The normalized spacial score (nSPS) is 11.5. The Morgan fingerprint density at radius 2 is 1.88 bits per heavy atom. The largest absolute Gasteiger partial charge is 0.497 e. The first-order chi connectivity index (χ1) is 12.0. The van der Waals surface area contributed by atoms with Crippen LogP contribution in [0.2, 0.25) is 0 Å². The van der Waals surface area contributed by atoms with E-state index in [9.17, 15) is 14.0 Å². The highest BCUT2D eigenvalue weighted by molar-refractivity contribution is 5.95. The number of hydrogen-bond donors (Lipinski definition) is 1. The number of aryl methyl sites for hydroxylation is 1. The monoisotopic (exact) mass is 345 g/mol. The molecule has 5 nitrogen and oxygen atoms in total. The number of nitrogens with one attached hydrogen (secondary N) is 1. The van der Waals surface area contributed by atoms with E-state index in [4.69, 9.17) is 9.47 Å². The summed E-state index contributed by atoms with van der Waals surface area (Å²) in [5, 5.41) is 2.50. The number of anilines is 1. The predicted octanol–water partition coefficient (Wildman–Crippen LogP) is 3.34. The lowest BCUT2D eigenvalue weighted by Crippen LogP contribution is -2.30. The van der Waals surface area contributed by atoms with Gasteiger partial charge in [0.2, 0.25) is 0 Å². The molecule has 0 saturated carbocycles. The van der Waals surface area contributed by atoms with E-state index < -0.39 is 23.8 Å². The maximum Gasteiger partial charge on any atom is 0.306 e. The Balaban J connectivity index is 1.79. The van der Waals surface area contributed by atoms with Crippen LogP contribution in [0.3, 0.4) is 0 Å². The molecule has 25 heavy (non-hydrogen) atoms. The Hall–Kier alpha value is -2.89. The molecule has 0 aliphatic rings. The lowest BCUT2D eigenvalue weighted by atomic mass is 10.1. The SMILES string of the molecule is COc1ccc(CCC(=O)OC(C)C(=O)Nc2cccc(F)c2)cc1. The van der Waals surface area contributed by atoms with Crippen LogP contribution in [0.5, 0.6) is 5.75 Å². The highest BCUT2D eigenvalue weighted by atomic mass is 19.1. The van der Waals surface area contributed by atoms with Gasteiger partial charge in [-0.05, 0) is 49.2 Å². The summed E-state index contributed by atoms with van der Waals surface area (Å²) in [6.07, 6.45) is -0.308. The minimum atomic E-state index is -0.966. The molecule has 0 spiro atoms. The van der Waals surface area contributed by atoms with Gasteiger partial charge in [-0.15, -0.1) is 0 Å². The van der Waals surface area contributed by atoms with Gasteiger partial charge < -0.3 is 14.8 Å². The predicted molar refractivity (Wildman–Crippen MR) is 91.9 cm³/mol. The van der Waals surface area contributed by atoms with E-state index in [1.54, 1.807) is 13.2 Å². The van der Waals surface area contributed by atoms with Crippen LogP contribution in [-0.4, -0.2) is 25.1 Å². The summed E-state index contributed by atoms with van der Waals surface area (Å²) in [4.78, 5) is 23.9. The quantitative estimate of drug-likeness (QED) is 0.782. The van der Waals surface area contributed by atoms with Crippen molar-refractivity contribution in [1.82, 2.24) is 0 Å². The first kappa shape index (κ1) is 18.4. The van der Waals surface area contributed by atoms with Gasteiger partial charge in [0.15, 0.2) is 6.10 Å². The van der Waals surface area contributed by atoms with Crippen molar-refractivity contribution in [3.05, 3.63) is 59.9 Å². The molecule has 2 aromatic rings. The van der Waals surface area contributed by atoms with Crippen molar-refractivity contribution in [2.45, 2.75) is 25.9 Å². The van der Waals surface area contributed by atoms with Gasteiger partial charge in [-0.3, -0.25) is 9.59 Å². The van der Waals surface area contributed by atoms with E-state index in [2.05, 4.69) is 5.32 Å². The number of ether oxygens (including phenoxy) is 2. The van der Waals surface area contributed by atoms with Crippen LogP contribution < -0.4 is 10.1 Å². The molecule has 0 saturated heterocycles. The average molecular weight is 345 g/mol. The van der Waals surface area contributed by atoms with Crippen molar-refractivity contribution < 1.29 is 23.5 Å². The molecule has 0 aromatic heterocycles. The van der Waals surface area contributed by atoms with Gasteiger partial charge in [0.1, 0.15) is 11.6 Å². The van der Waals surface area contributed by atoms with E-state index in [1.807, 2.05) is 24.3 Å². The van der Waals surface area contributed by atoms with Gasteiger partial charge in [0, 0.05) is 12.1 Å². The zero-order valence-corrected chi connectivity index (χ0v) is 14.1. The Morgan fingerprint density at radius 3 is 2.52 bits per heavy atom. The number of methoxy groups -OCH3 is 1. The van der Waals surface area contributed by atoms with E-state index in [1.165, 1.54) is 25.1 Å². The average Bonchev–Trinajstić information content (AvgIpc) is 2.60. The molecule has 0 heterocycles. The minimum absolute atomic E-state index is 0.157. The number of carbonyl (C=O) groups is 2.